The molecule has 7 nitrogen and oxygen atoms in total. The number of carbonyl (C=O) groups is 2. The molecule has 1 unspecified atom stereocenters. The fourth-order valence-corrected chi connectivity index (χ4v) is 6.35. The van der Waals surface area contributed by atoms with Gasteiger partial charge in [-0.05, 0) is 54.3 Å². The highest BCUT2D eigenvalue weighted by molar-refractivity contribution is 7.92. The summed E-state index contributed by atoms with van der Waals surface area (Å²) in [5.74, 6) is -0.833. The number of hydrogen-bond acceptors (Lipinski definition) is 4. The Morgan fingerprint density at radius 3 is 2.22 bits per heavy atom. The summed E-state index contributed by atoms with van der Waals surface area (Å²) in [6.07, 6.45) is 5.09. The smallest absolute Gasteiger partial charge is 0.244 e. The van der Waals surface area contributed by atoms with Crippen molar-refractivity contribution >= 4 is 62.3 Å². The van der Waals surface area contributed by atoms with Crippen molar-refractivity contribution in [1.82, 2.24) is 10.2 Å². The Kier molecular flexibility index (Phi) is 10.6. The average Bonchev–Trinajstić information content (AvgIpc) is 3.44. The van der Waals surface area contributed by atoms with E-state index in [4.69, 9.17) is 34.8 Å². The molecule has 3 aromatic carbocycles. The van der Waals surface area contributed by atoms with E-state index in [0.717, 1.165) is 41.8 Å². The Balaban J connectivity index is 1.73. The molecule has 0 heterocycles. The fraction of sp³-hybridized carbons (Fsp3) is 0.333. The number of anilines is 1. The first-order chi connectivity index (χ1) is 19.5. The molecular weight excluding hydrogens is 605 g/mol. The number of halogens is 3. The van der Waals surface area contributed by atoms with Gasteiger partial charge in [0.2, 0.25) is 21.8 Å². The molecule has 0 spiro atoms. The predicted molar refractivity (Wildman–Crippen MR) is 165 cm³/mol. The van der Waals surface area contributed by atoms with E-state index < -0.39 is 28.5 Å². The molecule has 4 rings (SSSR count). The summed E-state index contributed by atoms with van der Waals surface area (Å²) in [5.41, 5.74) is 1.76. The molecule has 1 saturated carbocycles. The summed E-state index contributed by atoms with van der Waals surface area (Å²) in [6.45, 7) is -0.493. The molecular formula is C30H32Cl3N3O4S. The van der Waals surface area contributed by atoms with Crippen molar-refractivity contribution in [2.24, 2.45) is 0 Å². The minimum Gasteiger partial charge on any atom is -0.352 e. The van der Waals surface area contributed by atoms with Crippen LogP contribution in [0.25, 0.3) is 0 Å². The van der Waals surface area contributed by atoms with E-state index >= 15 is 0 Å². The van der Waals surface area contributed by atoms with Crippen molar-refractivity contribution in [3.63, 3.8) is 0 Å². The predicted octanol–water partition coefficient (Wildman–Crippen LogP) is 6.11. The molecule has 0 bridgehead atoms. The van der Waals surface area contributed by atoms with Gasteiger partial charge in [0.25, 0.3) is 0 Å². The lowest BCUT2D eigenvalue weighted by Crippen LogP contribution is -2.54. The number of amides is 2. The normalized spacial score (nSPS) is 14.4. The van der Waals surface area contributed by atoms with Crippen LogP contribution < -0.4 is 9.62 Å². The molecule has 0 radical (unpaired) electrons. The molecule has 0 aliphatic heterocycles. The summed E-state index contributed by atoms with van der Waals surface area (Å²) in [5, 5.41) is 4.03. The maximum atomic E-state index is 14.1. The quantitative estimate of drug-likeness (QED) is 0.275. The van der Waals surface area contributed by atoms with Crippen LogP contribution in [0.2, 0.25) is 15.1 Å². The van der Waals surface area contributed by atoms with Gasteiger partial charge in [-0.25, -0.2) is 8.42 Å². The van der Waals surface area contributed by atoms with Crippen molar-refractivity contribution in [1.29, 1.82) is 0 Å². The van der Waals surface area contributed by atoms with Gasteiger partial charge in [0.15, 0.2) is 0 Å². The van der Waals surface area contributed by atoms with Gasteiger partial charge < -0.3 is 10.2 Å². The van der Waals surface area contributed by atoms with E-state index in [1.165, 1.54) is 23.1 Å². The van der Waals surface area contributed by atoms with Gasteiger partial charge >= 0.3 is 0 Å². The lowest BCUT2D eigenvalue weighted by molar-refractivity contribution is -0.140. The SMILES string of the molecule is CS(=O)(=O)N(CC(=O)N(Cc1cccc(Cl)c1)C(Cc1ccccc1)C(=O)NC1CCCC1)c1ccc(Cl)c(Cl)c1. The van der Waals surface area contributed by atoms with Crippen LogP contribution in [0.4, 0.5) is 5.69 Å². The highest BCUT2D eigenvalue weighted by Crippen LogP contribution is 2.29. The van der Waals surface area contributed by atoms with Crippen LogP contribution in [0.1, 0.15) is 36.8 Å². The van der Waals surface area contributed by atoms with Crippen LogP contribution in [0, 0.1) is 0 Å². The van der Waals surface area contributed by atoms with Gasteiger partial charge in [-0.1, -0.05) is 90.1 Å². The number of hydrogen-bond donors (Lipinski definition) is 1. The summed E-state index contributed by atoms with van der Waals surface area (Å²) < 4.78 is 26.8. The first kappa shape index (κ1) is 31.2. The second kappa shape index (κ2) is 13.9. The lowest BCUT2D eigenvalue weighted by atomic mass is 10.0. The van der Waals surface area contributed by atoms with Crippen LogP contribution in [-0.2, 0) is 32.6 Å². The monoisotopic (exact) mass is 635 g/mol. The third-order valence-corrected chi connectivity index (χ3v) is 9.20. The first-order valence-corrected chi connectivity index (χ1v) is 16.3. The van der Waals surface area contributed by atoms with E-state index in [2.05, 4.69) is 5.32 Å². The number of rotatable bonds is 11. The highest BCUT2D eigenvalue weighted by Gasteiger charge is 2.34. The van der Waals surface area contributed by atoms with E-state index in [1.807, 2.05) is 36.4 Å². The standard InChI is InChI=1S/C30H32Cl3N3O4S/c1-41(39,40)36(25-14-15-26(32)27(33)18-25)20-29(37)35(19-22-10-7-11-23(31)16-22)28(17-21-8-3-2-4-9-21)30(38)34-24-12-5-6-13-24/h2-4,7-11,14-16,18,24,28H,5-6,12-13,17,19-20H2,1H3,(H,34,38). The Labute approximate surface area is 256 Å². The zero-order valence-electron chi connectivity index (χ0n) is 22.6. The molecule has 0 saturated heterocycles. The largest absolute Gasteiger partial charge is 0.352 e. The van der Waals surface area contributed by atoms with E-state index in [0.29, 0.717) is 10.6 Å². The molecule has 2 amide bonds. The van der Waals surface area contributed by atoms with Crippen molar-refractivity contribution in [3.8, 4) is 0 Å². The average molecular weight is 637 g/mol. The Hall–Kier alpha value is -2.78. The van der Waals surface area contributed by atoms with Gasteiger partial charge in [-0.2, -0.15) is 0 Å². The summed E-state index contributed by atoms with van der Waals surface area (Å²) >= 11 is 18.5. The van der Waals surface area contributed by atoms with Crippen molar-refractivity contribution in [2.75, 3.05) is 17.1 Å². The number of benzene rings is 3. The Morgan fingerprint density at radius 1 is 0.902 bits per heavy atom. The van der Waals surface area contributed by atoms with Crippen LogP contribution in [0.3, 0.4) is 0 Å². The third kappa shape index (κ3) is 8.61. The number of nitrogens with zero attached hydrogens (tertiary/aromatic N) is 2. The zero-order valence-corrected chi connectivity index (χ0v) is 25.7. The molecule has 1 atom stereocenters. The number of carbonyl (C=O) groups excluding carboxylic acids is 2. The van der Waals surface area contributed by atoms with Gasteiger partial charge in [0, 0.05) is 24.0 Å². The highest BCUT2D eigenvalue weighted by atomic mass is 35.5. The van der Waals surface area contributed by atoms with Gasteiger partial charge in [0.1, 0.15) is 12.6 Å². The van der Waals surface area contributed by atoms with Gasteiger partial charge in [-0.3, -0.25) is 13.9 Å². The van der Waals surface area contributed by atoms with Gasteiger partial charge in [0.05, 0.1) is 22.0 Å². The topological polar surface area (TPSA) is 86.8 Å². The molecule has 1 aliphatic rings. The van der Waals surface area contributed by atoms with Crippen molar-refractivity contribution in [3.05, 3.63) is 99.0 Å². The third-order valence-electron chi connectivity index (χ3n) is 7.08. The fourth-order valence-electron chi connectivity index (χ4n) is 5.01. The van der Waals surface area contributed by atoms with Crippen LogP contribution in [0.5, 0.6) is 0 Å². The molecule has 1 fully saturated rings. The molecule has 218 valence electrons. The van der Waals surface area contributed by atoms with Crippen LogP contribution >= 0.6 is 34.8 Å². The second-order valence-electron chi connectivity index (χ2n) is 10.2. The van der Waals surface area contributed by atoms with Crippen LogP contribution in [-0.4, -0.2) is 50.0 Å². The summed E-state index contributed by atoms with van der Waals surface area (Å²) in [6, 6.07) is 19.9. The molecule has 41 heavy (non-hydrogen) atoms. The first-order valence-electron chi connectivity index (χ1n) is 13.3. The lowest BCUT2D eigenvalue weighted by Gasteiger charge is -2.34. The van der Waals surface area contributed by atoms with E-state index in [-0.39, 0.29) is 40.6 Å². The molecule has 11 heteroatoms. The molecule has 3 aromatic rings. The molecule has 1 N–H and O–H groups in total. The van der Waals surface area contributed by atoms with Crippen LogP contribution in [0.15, 0.2) is 72.8 Å². The Morgan fingerprint density at radius 2 is 1.59 bits per heavy atom. The van der Waals surface area contributed by atoms with Crippen molar-refractivity contribution in [2.45, 2.75) is 50.7 Å². The summed E-state index contributed by atoms with van der Waals surface area (Å²) in [4.78, 5) is 29.4. The van der Waals surface area contributed by atoms with E-state index in [1.54, 1.807) is 18.2 Å². The minimum absolute atomic E-state index is 0.0348. The number of nitrogens with one attached hydrogen (secondary N) is 1. The zero-order chi connectivity index (χ0) is 29.6. The number of sulfonamides is 1. The second-order valence-corrected chi connectivity index (χ2v) is 13.4. The molecule has 1 aliphatic carbocycles. The Bertz CT molecular complexity index is 1480. The summed E-state index contributed by atoms with van der Waals surface area (Å²) in [7, 11) is -3.92. The maximum absolute atomic E-state index is 14.1. The minimum atomic E-state index is -3.92. The molecule has 0 aromatic heterocycles. The maximum Gasteiger partial charge on any atom is 0.244 e. The van der Waals surface area contributed by atoms with E-state index in [9.17, 15) is 18.0 Å². The van der Waals surface area contributed by atoms with Gasteiger partial charge in [-0.15, -0.1) is 0 Å². The van der Waals surface area contributed by atoms with Crippen molar-refractivity contribution < 1.29 is 18.0 Å².